The van der Waals surface area contributed by atoms with Crippen molar-refractivity contribution in [1.82, 2.24) is 4.90 Å². The zero-order valence-electron chi connectivity index (χ0n) is 29.0. The van der Waals surface area contributed by atoms with E-state index in [1.807, 2.05) is 18.9 Å². The minimum absolute atomic E-state index is 0.0253. The molecule has 0 amide bonds. The van der Waals surface area contributed by atoms with Gasteiger partial charge in [-0.1, -0.05) is 41.0 Å². The Morgan fingerprint density at radius 2 is 1.64 bits per heavy atom. The third-order valence-electron chi connectivity index (χ3n) is 10.1. The molecule has 0 spiro atoms. The van der Waals surface area contributed by atoms with Gasteiger partial charge in [0.05, 0.1) is 23.9 Å². The summed E-state index contributed by atoms with van der Waals surface area (Å²) < 4.78 is 40.0. The number of nitrogens with zero attached hydrogens (tertiary/aromatic N) is 1. The number of hydrogen-bond donors (Lipinski definition) is 3. The van der Waals surface area contributed by atoms with E-state index in [-0.39, 0.29) is 25.0 Å². The van der Waals surface area contributed by atoms with Crippen molar-refractivity contribution in [2.45, 2.75) is 154 Å². The molecule has 13 atom stereocenters. The highest BCUT2D eigenvalue weighted by Gasteiger charge is 2.56. The summed E-state index contributed by atoms with van der Waals surface area (Å²) in [5.41, 5.74) is -6.75. The molecule has 2 rings (SSSR count). The first kappa shape index (κ1) is 39.6. The van der Waals surface area contributed by atoms with Gasteiger partial charge in [0.1, 0.15) is 23.6 Å². The molecule has 0 aliphatic carbocycles. The van der Waals surface area contributed by atoms with E-state index >= 15 is 4.39 Å². The highest BCUT2D eigenvalue weighted by atomic mass is 19.1. The first-order valence-electron chi connectivity index (χ1n) is 16.3. The highest BCUT2D eigenvalue weighted by Crippen LogP contribution is 2.39. The van der Waals surface area contributed by atoms with Gasteiger partial charge in [0.2, 0.25) is 0 Å². The molecule has 2 aliphatic heterocycles. The van der Waals surface area contributed by atoms with Gasteiger partial charge in [-0.2, -0.15) is 0 Å². The van der Waals surface area contributed by atoms with Gasteiger partial charge in [-0.3, -0.25) is 9.59 Å². The fourth-order valence-corrected chi connectivity index (χ4v) is 6.93. The molecule has 11 nitrogen and oxygen atoms in total. The molecular weight excluding hydrogens is 589 g/mol. The van der Waals surface area contributed by atoms with Crippen LogP contribution in [0.4, 0.5) is 4.39 Å². The van der Waals surface area contributed by atoms with Crippen LogP contribution in [-0.2, 0) is 33.3 Å². The molecule has 0 aromatic heterocycles. The quantitative estimate of drug-likeness (QED) is 0.263. The number of methoxy groups -OCH3 is 1. The summed E-state index contributed by atoms with van der Waals surface area (Å²) in [7, 11) is 3.28. The van der Waals surface area contributed by atoms with Crippen LogP contribution in [0.2, 0.25) is 0 Å². The van der Waals surface area contributed by atoms with Crippen LogP contribution in [0.5, 0.6) is 0 Å². The van der Waals surface area contributed by atoms with E-state index < -0.39 is 82.9 Å². The third kappa shape index (κ3) is 8.49. The zero-order chi connectivity index (χ0) is 34.7. The Balaban J connectivity index is 2.64. The topological polar surface area (TPSA) is 152 Å². The summed E-state index contributed by atoms with van der Waals surface area (Å²) in [4.78, 5) is 42.8. The van der Waals surface area contributed by atoms with E-state index in [0.717, 1.165) is 26.3 Å². The van der Waals surface area contributed by atoms with E-state index in [2.05, 4.69) is 6.92 Å². The predicted molar refractivity (Wildman–Crippen MR) is 165 cm³/mol. The monoisotopic (exact) mass is 647 g/mol. The van der Waals surface area contributed by atoms with Gasteiger partial charge < -0.3 is 39.2 Å². The molecule has 0 aromatic rings. The number of rotatable bonds is 8. The number of halogens is 1. The van der Waals surface area contributed by atoms with Crippen molar-refractivity contribution in [3.8, 4) is 0 Å². The van der Waals surface area contributed by atoms with Gasteiger partial charge in [0, 0.05) is 30.9 Å². The van der Waals surface area contributed by atoms with Crippen molar-refractivity contribution in [2.75, 3.05) is 20.7 Å². The summed E-state index contributed by atoms with van der Waals surface area (Å²) in [5, 5.41) is 33.8. The number of ether oxygens (including phenoxy) is 4. The molecule has 2 fully saturated rings. The van der Waals surface area contributed by atoms with Gasteiger partial charge in [-0.05, 0) is 67.0 Å². The number of carbonyl (C=O) groups excluding carboxylic acids is 3. The van der Waals surface area contributed by atoms with Crippen molar-refractivity contribution in [3.05, 3.63) is 0 Å². The van der Waals surface area contributed by atoms with Gasteiger partial charge in [-0.15, -0.1) is 0 Å². The molecule has 0 aromatic carbocycles. The van der Waals surface area contributed by atoms with Crippen molar-refractivity contribution in [2.24, 2.45) is 17.8 Å². The number of unbranched alkanes of at least 4 members (excludes halogenated alkanes) is 1. The molecule has 12 heteroatoms. The Hall–Kier alpha value is -1.54. The van der Waals surface area contributed by atoms with Crippen LogP contribution in [0, 0.1) is 17.8 Å². The lowest BCUT2D eigenvalue weighted by atomic mass is 9.74. The van der Waals surface area contributed by atoms with Gasteiger partial charge in [-0.25, -0.2) is 9.18 Å². The van der Waals surface area contributed by atoms with E-state index in [1.54, 1.807) is 20.8 Å². The first-order chi connectivity index (χ1) is 20.7. The molecule has 0 bridgehead atoms. The number of esters is 1. The van der Waals surface area contributed by atoms with E-state index in [4.69, 9.17) is 18.9 Å². The average Bonchev–Trinajstić information content (AvgIpc) is 2.99. The van der Waals surface area contributed by atoms with Crippen LogP contribution in [0.15, 0.2) is 0 Å². The van der Waals surface area contributed by atoms with Crippen molar-refractivity contribution < 1.29 is 53.0 Å². The lowest BCUT2D eigenvalue weighted by Gasteiger charge is -2.47. The summed E-state index contributed by atoms with van der Waals surface area (Å²) in [5.74, 6) is -6.36. The molecule has 2 aliphatic rings. The Morgan fingerprint density at radius 1 is 1.04 bits per heavy atom. The number of carbonyl (C=O) groups is 3. The summed E-state index contributed by atoms with van der Waals surface area (Å²) >= 11 is 0. The fourth-order valence-electron chi connectivity index (χ4n) is 6.93. The molecule has 2 saturated heterocycles. The first-order valence-corrected chi connectivity index (χ1v) is 16.3. The Labute approximate surface area is 268 Å². The van der Waals surface area contributed by atoms with E-state index in [9.17, 15) is 29.7 Å². The number of hydrogen-bond acceptors (Lipinski definition) is 11. The lowest BCUT2D eigenvalue weighted by Crippen LogP contribution is -2.61. The predicted octanol–water partition coefficient (Wildman–Crippen LogP) is 2.99. The number of likely N-dealkylation sites (N-methyl/N-ethyl adjacent to an activating group) is 1. The maximum absolute atomic E-state index is 16.3. The van der Waals surface area contributed by atoms with Crippen molar-refractivity contribution in [1.29, 1.82) is 0 Å². The van der Waals surface area contributed by atoms with E-state index in [0.29, 0.717) is 6.42 Å². The van der Waals surface area contributed by atoms with Crippen LogP contribution in [0.3, 0.4) is 0 Å². The van der Waals surface area contributed by atoms with Crippen molar-refractivity contribution >= 4 is 17.5 Å². The number of cyclic esters (lactones) is 1. The second kappa shape index (κ2) is 15.6. The normalized spacial score (nSPS) is 44.5. The third-order valence-corrected chi connectivity index (χ3v) is 10.1. The molecule has 0 radical (unpaired) electrons. The Bertz CT molecular complexity index is 1020. The molecular formula is C33H58FNO10. The number of Topliss-reactive ketones (excluding diaryl/α,β-unsaturated/α-hetero) is 2. The number of alkyl halides is 1. The smallest absolute Gasteiger partial charge is 0.351 e. The van der Waals surface area contributed by atoms with Crippen LogP contribution < -0.4 is 0 Å². The number of aliphatic hydroxyl groups excluding tert-OH is 2. The molecule has 0 saturated carbocycles. The minimum Gasteiger partial charge on any atom is -0.457 e. The highest BCUT2D eigenvalue weighted by molar-refractivity contribution is 6.07. The van der Waals surface area contributed by atoms with Gasteiger partial charge >= 0.3 is 5.97 Å². The average molecular weight is 648 g/mol. The Morgan fingerprint density at radius 3 is 2.18 bits per heavy atom. The second-order valence-electron chi connectivity index (χ2n) is 13.9. The fraction of sp³-hybridized carbons (Fsp3) is 0.909. The largest absolute Gasteiger partial charge is 0.457 e. The maximum Gasteiger partial charge on any atom is 0.351 e. The summed E-state index contributed by atoms with van der Waals surface area (Å²) in [6.45, 7) is 14.3. The molecule has 262 valence electrons. The molecule has 3 N–H and O–H groups in total. The summed E-state index contributed by atoms with van der Waals surface area (Å²) in [6.07, 6.45) is -4.72. The Kier molecular flexibility index (Phi) is 13.7. The molecule has 2 heterocycles. The van der Waals surface area contributed by atoms with Crippen LogP contribution in [0.25, 0.3) is 0 Å². The van der Waals surface area contributed by atoms with Gasteiger partial charge in [0.25, 0.3) is 5.67 Å². The van der Waals surface area contributed by atoms with Crippen molar-refractivity contribution in [3.63, 3.8) is 0 Å². The minimum atomic E-state index is -3.18. The van der Waals surface area contributed by atoms with Crippen LogP contribution >= 0.6 is 0 Å². The van der Waals surface area contributed by atoms with E-state index in [1.165, 1.54) is 27.9 Å². The number of ketones is 2. The van der Waals surface area contributed by atoms with Crippen LogP contribution in [-0.4, -0.2) is 118 Å². The zero-order valence-corrected chi connectivity index (χ0v) is 29.0. The summed E-state index contributed by atoms with van der Waals surface area (Å²) in [6, 6.07) is -0.327. The lowest BCUT2D eigenvalue weighted by molar-refractivity contribution is -0.296. The van der Waals surface area contributed by atoms with Crippen LogP contribution in [0.1, 0.15) is 94.4 Å². The maximum atomic E-state index is 16.3. The molecule has 0 unspecified atom stereocenters. The second-order valence-corrected chi connectivity index (χ2v) is 13.9. The standard InChI is InChI=1S/C33H58FNO10/c1-12-14-15-35(10)22-16-19(4)43-29(25(22)37)45-28-21(6)26(38)32(8,34)30(40)44-23(13-2)33(9,41)27(39)20(5)24(36)18(3)17-31(28,7)42-11/h18-23,25,27-29,37,39,41H,12-17H2,1-11H3/t18-,19-,20+,21+,22+,23-,25-,27-,28-,29+,31-,32+,33-/m1/s1. The number of aliphatic hydroxyl groups is 3. The van der Waals surface area contributed by atoms with Gasteiger partial charge in [0.15, 0.2) is 12.1 Å². The molecule has 45 heavy (non-hydrogen) atoms. The SMILES string of the molecule is CCCCN(C)[C@H]1C[C@@H](C)O[C@@H](O[C@@H]2[C@@H](C)C(=O)[C@](C)(F)C(=O)O[C@H](CC)[C@@](C)(O)[C@H](O)[C@@H](C)C(=O)[C@H](C)C[C@@]2(C)OC)[C@@H]1O.